The number of hydrogen-bond donors (Lipinski definition) is 1. The molecule has 0 bridgehead atoms. The molecule has 5 rings (SSSR count). The Kier molecular flexibility index (Phi) is 8.47. The van der Waals surface area contributed by atoms with E-state index in [2.05, 4.69) is 53.4 Å². The number of aryl methyl sites for hydroxylation is 1. The molecule has 0 atom stereocenters. The third-order valence-corrected chi connectivity index (χ3v) is 10.1. The molecule has 0 spiro atoms. The normalized spacial score (nSPS) is 12.0. The third kappa shape index (κ3) is 6.97. The Morgan fingerprint density at radius 2 is 1.73 bits per heavy atom. The average molecular weight is 634 g/mol. The summed E-state index contributed by atoms with van der Waals surface area (Å²) in [5, 5.41) is 3.65. The summed E-state index contributed by atoms with van der Waals surface area (Å²) in [4.78, 5) is 28.7. The van der Waals surface area contributed by atoms with Crippen molar-refractivity contribution < 1.29 is 18.0 Å². The number of carbonyl (C=O) groups excluding carboxylic acids is 1. The van der Waals surface area contributed by atoms with E-state index in [1.165, 1.54) is 18.5 Å². The van der Waals surface area contributed by atoms with Gasteiger partial charge in [0, 0.05) is 0 Å². The first-order valence-electron chi connectivity index (χ1n) is 12.8. The average Bonchev–Trinajstić information content (AvgIpc) is 2.95. The molecule has 0 aliphatic rings. The number of nitrogens with zero attached hydrogens (tertiary/aromatic N) is 3. The van der Waals surface area contributed by atoms with Gasteiger partial charge in [0.25, 0.3) is 0 Å². The molecule has 2 aromatic heterocycles. The Morgan fingerprint density at radius 1 is 0.951 bits per heavy atom. The van der Waals surface area contributed by atoms with E-state index in [1.54, 1.807) is 17.8 Å². The summed E-state index contributed by atoms with van der Waals surface area (Å²) < 4.78 is 41.4. The number of amides is 1. The van der Waals surface area contributed by atoms with Crippen LogP contribution in [0.3, 0.4) is 0 Å². The zero-order valence-corrected chi connectivity index (χ0v) is 25.1. The minimum absolute atomic E-state index is 0.0680. The Hall–Kier alpha value is -3.68. The number of hydrogen-bond acceptors (Lipinski definition) is 5. The Labute approximate surface area is 246 Å². The first-order valence-corrected chi connectivity index (χ1v) is 15.5. The van der Waals surface area contributed by atoms with Crippen LogP contribution < -0.4 is 14.1 Å². The predicted octanol–water partition coefficient (Wildman–Crippen LogP) is 6.53. The SMILES string of the molecule is Cc1ccc(Sc2ccc(NC(=O)c3cccc(C(F)(F)F)c3)cc2[As]c2ncnc3nc(C(C)C)ccc23)cc1. The van der Waals surface area contributed by atoms with Crippen molar-refractivity contribution >= 4 is 59.0 Å². The number of aromatic nitrogens is 3. The second-order valence-corrected chi connectivity index (χ2v) is 13.2. The maximum absolute atomic E-state index is 13.2. The van der Waals surface area contributed by atoms with Crippen molar-refractivity contribution in [2.24, 2.45) is 0 Å². The summed E-state index contributed by atoms with van der Waals surface area (Å²) in [6.45, 7) is 6.19. The summed E-state index contributed by atoms with van der Waals surface area (Å²) >= 11 is 0.943. The molecule has 10 heteroatoms. The van der Waals surface area contributed by atoms with E-state index >= 15 is 0 Å². The molecule has 0 unspecified atom stereocenters. The molecule has 0 aliphatic carbocycles. The summed E-state index contributed by atoms with van der Waals surface area (Å²) in [6.07, 6.45) is -3.01. The molecule has 5 nitrogen and oxygen atoms in total. The molecule has 0 aliphatic heterocycles. The quantitative estimate of drug-likeness (QED) is 0.207. The van der Waals surface area contributed by atoms with Crippen LogP contribution >= 0.6 is 11.8 Å². The zero-order chi connectivity index (χ0) is 29.1. The number of rotatable bonds is 7. The van der Waals surface area contributed by atoms with Crippen LogP contribution in [0.25, 0.3) is 11.0 Å². The van der Waals surface area contributed by atoms with Crippen LogP contribution in [0.1, 0.15) is 46.9 Å². The van der Waals surface area contributed by atoms with Gasteiger partial charge in [-0.15, -0.1) is 0 Å². The number of alkyl halides is 3. The number of halogens is 3. The topological polar surface area (TPSA) is 67.8 Å². The van der Waals surface area contributed by atoms with Crippen molar-refractivity contribution in [2.45, 2.75) is 42.7 Å². The molecule has 207 valence electrons. The van der Waals surface area contributed by atoms with E-state index in [0.29, 0.717) is 11.3 Å². The monoisotopic (exact) mass is 633 g/mol. The molecule has 0 saturated carbocycles. The number of benzene rings is 3. The minimum atomic E-state index is -4.53. The number of fused-ring (bicyclic) bond motifs is 1. The van der Waals surface area contributed by atoms with E-state index in [0.717, 1.165) is 47.4 Å². The zero-order valence-electron chi connectivity index (χ0n) is 22.4. The number of pyridine rings is 1. The van der Waals surface area contributed by atoms with Gasteiger partial charge in [-0.25, -0.2) is 0 Å². The van der Waals surface area contributed by atoms with Crippen molar-refractivity contribution in [3.8, 4) is 0 Å². The summed E-state index contributed by atoms with van der Waals surface area (Å²) in [5.41, 5.74) is 2.30. The molecule has 5 aromatic rings. The Balaban J connectivity index is 1.50. The number of carbonyl (C=O) groups is 1. The first kappa shape index (κ1) is 28.8. The van der Waals surface area contributed by atoms with Gasteiger partial charge in [0.05, 0.1) is 0 Å². The first-order chi connectivity index (χ1) is 19.6. The van der Waals surface area contributed by atoms with Crippen LogP contribution in [0.2, 0.25) is 0 Å². The van der Waals surface area contributed by atoms with E-state index in [1.807, 2.05) is 31.2 Å². The second kappa shape index (κ2) is 12.0. The fraction of sp³-hybridized carbons (Fsp3) is 0.161. The van der Waals surface area contributed by atoms with Gasteiger partial charge in [0.1, 0.15) is 0 Å². The van der Waals surface area contributed by atoms with E-state index in [-0.39, 0.29) is 11.5 Å². The van der Waals surface area contributed by atoms with Crippen LogP contribution in [0.4, 0.5) is 18.9 Å². The number of nitrogens with one attached hydrogen (secondary N) is 1. The van der Waals surface area contributed by atoms with E-state index in [4.69, 9.17) is 4.98 Å². The third-order valence-electron chi connectivity index (χ3n) is 6.23. The van der Waals surface area contributed by atoms with Crippen molar-refractivity contribution in [1.29, 1.82) is 0 Å². The van der Waals surface area contributed by atoms with Gasteiger partial charge in [-0.2, -0.15) is 0 Å². The molecule has 1 N–H and O–H groups in total. The fourth-order valence-electron chi connectivity index (χ4n) is 4.01. The summed E-state index contributed by atoms with van der Waals surface area (Å²) in [7, 11) is 0. The van der Waals surface area contributed by atoms with Gasteiger partial charge in [-0.1, -0.05) is 0 Å². The molecule has 3 aromatic carbocycles. The second-order valence-electron chi connectivity index (χ2n) is 9.70. The van der Waals surface area contributed by atoms with E-state index < -0.39 is 33.4 Å². The van der Waals surface area contributed by atoms with Gasteiger partial charge < -0.3 is 0 Å². The van der Waals surface area contributed by atoms with Crippen LogP contribution in [0.5, 0.6) is 0 Å². The standard InChI is InChI=1S/C31H25AsF3N4OS/c1-18(2)26-13-12-24-28(36-17-37-29(24)39-26)32-25-16-22(9-14-27(25)41-23-10-7-19(3)8-11-23)38-30(40)20-5-4-6-21(15-20)31(33,34)35/h4-18H,1-3H3,(H,38,40). The van der Waals surface area contributed by atoms with Crippen molar-refractivity contribution in [3.63, 3.8) is 0 Å². The van der Waals surface area contributed by atoms with Crippen molar-refractivity contribution in [1.82, 2.24) is 15.0 Å². The van der Waals surface area contributed by atoms with Crippen LogP contribution in [-0.2, 0) is 6.18 Å². The molecule has 0 saturated heterocycles. The van der Waals surface area contributed by atoms with Gasteiger partial charge in [-0.05, 0) is 0 Å². The Bertz CT molecular complexity index is 1730. The molecule has 0 fully saturated rings. The van der Waals surface area contributed by atoms with Gasteiger partial charge >= 0.3 is 247 Å². The van der Waals surface area contributed by atoms with Gasteiger partial charge in [0.2, 0.25) is 0 Å². The number of anilines is 1. The fourth-order valence-corrected chi connectivity index (χ4v) is 7.50. The van der Waals surface area contributed by atoms with Crippen LogP contribution in [-0.4, -0.2) is 36.6 Å². The van der Waals surface area contributed by atoms with Gasteiger partial charge in [-0.3, -0.25) is 0 Å². The maximum atomic E-state index is 13.2. The Morgan fingerprint density at radius 3 is 2.46 bits per heavy atom. The van der Waals surface area contributed by atoms with Crippen LogP contribution in [0, 0.1) is 6.92 Å². The van der Waals surface area contributed by atoms with Crippen molar-refractivity contribution in [3.05, 3.63) is 108 Å². The molecule has 41 heavy (non-hydrogen) atoms. The predicted molar refractivity (Wildman–Crippen MR) is 158 cm³/mol. The molecular formula is C31H25AsF3N4OS. The van der Waals surface area contributed by atoms with Gasteiger partial charge in [0.15, 0.2) is 0 Å². The summed E-state index contributed by atoms with van der Waals surface area (Å²) in [6, 6.07) is 22.2. The van der Waals surface area contributed by atoms with Crippen LogP contribution in [0.15, 0.2) is 95.0 Å². The van der Waals surface area contributed by atoms with Crippen molar-refractivity contribution in [2.75, 3.05) is 5.32 Å². The molecule has 2 heterocycles. The summed E-state index contributed by atoms with van der Waals surface area (Å²) in [5.74, 6) is -0.351. The molecular weight excluding hydrogens is 608 g/mol. The molecule has 1 amide bonds. The van der Waals surface area contributed by atoms with E-state index in [9.17, 15) is 18.0 Å². The molecule has 1 radical (unpaired) electrons.